The fourth-order valence-electron chi connectivity index (χ4n) is 5.12. The number of hydrogen-bond acceptors (Lipinski definition) is 6. The Balaban J connectivity index is 1.71. The minimum atomic E-state index is -0.577. The number of benzene rings is 3. The Morgan fingerprint density at radius 2 is 1.68 bits per heavy atom. The predicted octanol–water partition coefficient (Wildman–Crippen LogP) is 5.24. The van der Waals surface area contributed by atoms with Crippen molar-refractivity contribution in [1.82, 2.24) is 9.80 Å². The van der Waals surface area contributed by atoms with Crippen LogP contribution < -0.4 is 14.9 Å². The van der Waals surface area contributed by atoms with E-state index in [9.17, 15) is 9.59 Å². The third-order valence-corrected chi connectivity index (χ3v) is 6.75. The molecule has 0 N–H and O–H groups in total. The molecule has 192 valence electrons. The minimum Gasteiger partial charge on any atom is -0.490 e. The number of carbonyl (C=O) groups excluding carboxylic acids is 1. The van der Waals surface area contributed by atoms with E-state index in [0.29, 0.717) is 47.8 Å². The fraction of sp³-hybridized carbons (Fsp3) is 0.333. The van der Waals surface area contributed by atoms with Crippen molar-refractivity contribution in [3.8, 4) is 11.5 Å². The molecule has 0 saturated carbocycles. The Morgan fingerprint density at radius 1 is 0.919 bits per heavy atom. The molecule has 3 aromatic carbocycles. The Hall–Kier alpha value is -3.84. The summed E-state index contributed by atoms with van der Waals surface area (Å²) in [6, 6.07) is 16.5. The summed E-state index contributed by atoms with van der Waals surface area (Å²) in [5, 5.41) is 2.24. The molecule has 1 aliphatic heterocycles. The maximum Gasteiger partial charge on any atom is 0.290 e. The van der Waals surface area contributed by atoms with Gasteiger partial charge in [-0.25, -0.2) is 0 Å². The quantitative estimate of drug-likeness (QED) is 0.293. The van der Waals surface area contributed by atoms with Crippen molar-refractivity contribution in [2.75, 3.05) is 40.4 Å². The third kappa shape index (κ3) is 4.44. The van der Waals surface area contributed by atoms with Crippen molar-refractivity contribution in [1.29, 1.82) is 0 Å². The van der Waals surface area contributed by atoms with Crippen molar-refractivity contribution < 1.29 is 18.7 Å². The second-order valence-corrected chi connectivity index (χ2v) is 9.47. The van der Waals surface area contributed by atoms with Crippen LogP contribution in [0.4, 0.5) is 0 Å². The van der Waals surface area contributed by atoms with Crippen LogP contribution >= 0.6 is 0 Å². The van der Waals surface area contributed by atoms with E-state index in [1.807, 2.05) is 76.5 Å². The van der Waals surface area contributed by atoms with Crippen LogP contribution in [-0.2, 0) is 0 Å². The highest BCUT2D eigenvalue weighted by atomic mass is 16.5. The lowest BCUT2D eigenvalue weighted by Crippen LogP contribution is -2.32. The second-order valence-electron chi connectivity index (χ2n) is 9.47. The zero-order valence-corrected chi connectivity index (χ0v) is 21.7. The molecule has 1 aromatic heterocycles. The van der Waals surface area contributed by atoms with E-state index in [4.69, 9.17) is 13.9 Å². The number of hydrogen-bond donors (Lipinski definition) is 0. The first-order valence-corrected chi connectivity index (χ1v) is 12.8. The van der Waals surface area contributed by atoms with Gasteiger partial charge in [-0.05, 0) is 70.1 Å². The first-order valence-electron chi connectivity index (χ1n) is 12.8. The van der Waals surface area contributed by atoms with Crippen molar-refractivity contribution >= 4 is 27.6 Å². The molecule has 0 radical (unpaired) electrons. The Bertz CT molecular complexity index is 1520. The SMILES string of the molecule is CCOc1ccc(C2c3c(oc4c(ccc5ccccc54)c3=O)C(=O)N2CCCN(C)C)cc1OCC. The topological polar surface area (TPSA) is 72.2 Å². The first kappa shape index (κ1) is 24.8. The number of amides is 1. The van der Waals surface area contributed by atoms with E-state index < -0.39 is 6.04 Å². The summed E-state index contributed by atoms with van der Waals surface area (Å²) in [5.41, 5.74) is 1.44. The second kappa shape index (κ2) is 10.3. The van der Waals surface area contributed by atoms with E-state index in [0.717, 1.165) is 29.3 Å². The minimum absolute atomic E-state index is 0.121. The van der Waals surface area contributed by atoms with E-state index in [1.54, 1.807) is 11.0 Å². The maximum absolute atomic E-state index is 14.0. The van der Waals surface area contributed by atoms with Gasteiger partial charge in [0, 0.05) is 11.9 Å². The van der Waals surface area contributed by atoms with Gasteiger partial charge in [0.25, 0.3) is 5.91 Å². The van der Waals surface area contributed by atoms with E-state index >= 15 is 0 Å². The van der Waals surface area contributed by atoms with Crippen LogP contribution in [-0.4, -0.2) is 56.1 Å². The molecular weight excluding hydrogens is 468 g/mol. The van der Waals surface area contributed by atoms with Gasteiger partial charge >= 0.3 is 0 Å². The Morgan fingerprint density at radius 3 is 2.43 bits per heavy atom. The smallest absolute Gasteiger partial charge is 0.290 e. The molecular formula is C30H32N2O5. The maximum atomic E-state index is 14.0. The molecule has 4 aromatic rings. The number of carbonyl (C=O) groups is 1. The fourth-order valence-corrected chi connectivity index (χ4v) is 5.12. The average molecular weight is 501 g/mol. The normalized spacial score (nSPS) is 15.1. The first-order chi connectivity index (χ1) is 17.9. The lowest BCUT2D eigenvalue weighted by atomic mass is 9.97. The van der Waals surface area contributed by atoms with E-state index in [-0.39, 0.29) is 17.1 Å². The third-order valence-electron chi connectivity index (χ3n) is 6.75. The highest BCUT2D eigenvalue weighted by Crippen LogP contribution is 2.41. The zero-order chi connectivity index (χ0) is 26.1. The largest absolute Gasteiger partial charge is 0.490 e. The monoisotopic (exact) mass is 500 g/mol. The number of fused-ring (bicyclic) bond motifs is 4. The van der Waals surface area contributed by atoms with Crippen LogP contribution in [0, 0.1) is 0 Å². The van der Waals surface area contributed by atoms with Gasteiger partial charge in [-0.2, -0.15) is 0 Å². The van der Waals surface area contributed by atoms with Crippen LogP contribution in [0.2, 0.25) is 0 Å². The molecule has 0 saturated heterocycles. The molecule has 7 nitrogen and oxygen atoms in total. The highest BCUT2D eigenvalue weighted by Gasteiger charge is 2.42. The molecule has 0 bridgehead atoms. The molecule has 1 atom stereocenters. The van der Waals surface area contributed by atoms with Crippen molar-refractivity contribution in [3.05, 3.63) is 81.7 Å². The van der Waals surface area contributed by atoms with Gasteiger partial charge in [0.15, 0.2) is 16.9 Å². The van der Waals surface area contributed by atoms with Crippen LogP contribution in [0.25, 0.3) is 21.7 Å². The van der Waals surface area contributed by atoms with Gasteiger partial charge in [-0.1, -0.05) is 36.4 Å². The van der Waals surface area contributed by atoms with Crippen LogP contribution in [0.3, 0.4) is 0 Å². The standard InChI is InChI=1S/C30H32N2O5/c1-5-35-23-15-13-20(18-24(23)36-6-2)26-25-27(33)22-14-12-19-10-7-8-11-21(19)28(22)37-29(25)30(34)32(26)17-9-16-31(3)4/h7-8,10-15,18,26H,5-6,9,16-17H2,1-4H3. The lowest BCUT2D eigenvalue weighted by Gasteiger charge is -2.26. The summed E-state index contributed by atoms with van der Waals surface area (Å²) in [7, 11) is 4.00. The average Bonchev–Trinajstić information content (AvgIpc) is 3.17. The molecule has 0 spiro atoms. The summed E-state index contributed by atoms with van der Waals surface area (Å²) in [5.74, 6) is 1.08. The molecule has 1 aliphatic rings. The van der Waals surface area contributed by atoms with E-state index in [2.05, 4.69) is 4.90 Å². The van der Waals surface area contributed by atoms with Crippen LogP contribution in [0.15, 0.2) is 63.8 Å². The zero-order valence-electron chi connectivity index (χ0n) is 21.7. The summed E-state index contributed by atoms with van der Waals surface area (Å²) < 4.78 is 17.9. The molecule has 5 rings (SSSR count). The highest BCUT2D eigenvalue weighted by molar-refractivity contribution is 6.06. The molecule has 0 aliphatic carbocycles. The Kier molecular flexibility index (Phi) is 6.89. The molecule has 0 fully saturated rings. The van der Waals surface area contributed by atoms with Gasteiger partial charge in [0.1, 0.15) is 5.58 Å². The molecule has 2 heterocycles. The van der Waals surface area contributed by atoms with Crippen molar-refractivity contribution in [3.63, 3.8) is 0 Å². The van der Waals surface area contributed by atoms with Gasteiger partial charge in [-0.15, -0.1) is 0 Å². The molecule has 1 amide bonds. The van der Waals surface area contributed by atoms with Crippen LogP contribution in [0.1, 0.15) is 48.0 Å². The number of nitrogens with zero attached hydrogens (tertiary/aromatic N) is 2. The summed E-state index contributed by atoms with van der Waals surface area (Å²) >= 11 is 0. The van der Waals surface area contributed by atoms with Crippen molar-refractivity contribution in [2.45, 2.75) is 26.3 Å². The number of ether oxygens (including phenoxy) is 2. The molecule has 7 heteroatoms. The Labute approximate surface area is 216 Å². The lowest BCUT2D eigenvalue weighted by molar-refractivity contribution is 0.0722. The van der Waals surface area contributed by atoms with Gasteiger partial charge < -0.3 is 23.7 Å². The summed E-state index contributed by atoms with van der Waals surface area (Å²) in [6.45, 7) is 6.10. The molecule has 37 heavy (non-hydrogen) atoms. The van der Waals surface area contributed by atoms with Crippen LogP contribution in [0.5, 0.6) is 11.5 Å². The van der Waals surface area contributed by atoms with E-state index in [1.165, 1.54) is 0 Å². The molecule has 1 unspecified atom stereocenters. The van der Waals surface area contributed by atoms with Gasteiger partial charge in [-0.3, -0.25) is 9.59 Å². The van der Waals surface area contributed by atoms with Gasteiger partial charge in [0.05, 0.1) is 30.2 Å². The van der Waals surface area contributed by atoms with Crippen molar-refractivity contribution in [2.24, 2.45) is 0 Å². The van der Waals surface area contributed by atoms with Gasteiger partial charge in [0.2, 0.25) is 5.76 Å². The predicted molar refractivity (Wildman–Crippen MR) is 145 cm³/mol. The summed E-state index contributed by atoms with van der Waals surface area (Å²) in [4.78, 5) is 31.6. The summed E-state index contributed by atoms with van der Waals surface area (Å²) in [6.07, 6.45) is 0.759. The number of rotatable bonds is 9.